The van der Waals surface area contributed by atoms with Gasteiger partial charge in [-0.15, -0.1) is 12.3 Å². The van der Waals surface area contributed by atoms with E-state index < -0.39 is 6.10 Å². The molecule has 0 fully saturated rings. The first-order valence-electron chi connectivity index (χ1n) is 4.22. The number of hydrogen-bond donors (Lipinski definition) is 1. The summed E-state index contributed by atoms with van der Waals surface area (Å²) < 4.78 is 0. The normalized spacial score (nSPS) is 12.0. The Labute approximate surface area is 77.9 Å². The molecule has 3 nitrogen and oxygen atoms in total. The monoisotopic (exact) mass is 176 g/mol. The zero-order valence-electron chi connectivity index (χ0n) is 7.35. The van der Waals surface area contributed by atoms with Crippen LogP contribution >= 0.6 is 0 Å². The molecular formula is C10H12N2O. The molecule has 0 saturated heterocycles. The summed E-state index contributed by atoms with van der Waals surface area (Å²) in [4.78, 5) is 7.71. The average molecular weight is 176 g/mol. The first kappa shape index (κ1) is 9.69. The zero-order chi connectivity index (χ0) is 9.52. The van der Waals surface area contributed by atoms with Crippen LogP contribution in [0.3, 0.4) is 0 Å². The Hall–Kier alpha value is -1.40. The quantitative estimate of drug-likeness (QED) is 0.555. The molecule has 1 aromatic rings. The maximum atomic E-state index is 9.59. The summed E-state index contributed by atoms with van der Waals surface area (Å²) in [5.41, 5.74) is 0.659. The minimum atomic E-state index is -0.517. The van der Waals surface area contributed by atoms with Gasteiger partial charge >= 0.3 is 0 Å². The van der Waals surface area contributed by atoms with Crippen LogP contribution in [0.15, 0.2) is 18.6 Å². The van der Waals surface area contributed by atoms with Crippen molar-refractivity contribution in [1.29, 1.82) is 0 Å². The van der Waals surface area contributed by atoms with Gasteiger partial charge in [-0.1, -0.05) is 0 Å². The fourth-order valence-electron chi connectivity index (χ4n) is 1.04. The Morgan fingerprint density at radius 3 is 3.08 bits per heavy atom. The van der Waals surface area contributed by atoms with Gasteiger partial charge in [0.05, 0.1) is 11.8 Å². The minimum absolute atomic E-state index is 0.517. The molecule has 0 aliphatic heterocycles. The number of rotatable bonds is 4. The highest BCUT2D eigenvalue weighted by atomic mass is 16.3. The van der Waals surface area contributed by atoms with Crippen molar-refractivity contribution in [3.63, 3.8) is 0 Å². The molecule has 0 radical (unpaired) electrons. The lowest BCUT2D eigenvalue weighted by atomic mass is 10.1. The van der Waals surface area contributed by atoms with E-state index in [4.69, 9.17) is 6.42 Å². The summed E-state index contributed by atoms with van der Waals surface area (Å²) in [5.74, 6) is 2.53. The zero-order valence-corrected chi connectivity index (χ0v) is 7.35. The van der Waals surface area contributed by atoms with E-state index >= 15 is 0 Å². The lowest BCUT2D eigenvalue weighted by Crippen LogP contribution is -2.00. The second kappa shape index (κ2) is 5.28. The number of hydrogen-bond acceptors (Lipinski definition) is 3. The third kappa shape index (κ3) is 3.22. The molecule has 0 bridgehead atoms. The Morgan fingerprint density at radius 2 is 2.46 bits per heavy atom. The highest BCUT2D eigenvalue weighted by molar-refractivity contribution is 5.01. The van der Waals surface area contributed by atoms with Crippen LogP contribution < -0.4 is 0 Å². The molecule has 13 heavy (non-hydrogen) atoms. The van der Waals surface area contributed by atoms with Gasteiger partial charge in [-0.05, 0) is 18.9 Å². The fourth-order valence-corrected chi connectivity index (χ4v) is 1.04. The van der Waals surface area contributed by atoms with Crippen molar-refractivity contribution in [3.05, 3.63) is 24.3 Å². The molecule has 0 amide bonds. The summed E-state index contributed by atoms with van der Waals surface area (Å²) in [6, 6.07) is 1.71. The smallest absolute Gasteiger partial charge is 0.115 e. The lowest BCUT2D eigenvalue weighted by molar-refractivity contribution is 0.160. The molecule has 1 heterocycles. The minimum Gasteiger partial charge on any atom is -0.387 e. The van der Waals surface area contributed by atoms with E-state index in [1.165, 1.54) is 6.33 Å². The van der Waals surface area contributed by atoms with Gasteiger partial charge in [0.15, 0.2) is 0 Å². The molecule has 0 aromatic carbocycles. The number of aromatic nitrogens is 2. The van der Waals surface area contributed by atoms with Crippen LogP contribution in [0.5, 0.6) is 0 Å². The molecule has 1 rings (SSSR count). The predicted octanol–water partition coefficient (Wildman–Crippen LogP) is 1.31. The van der Waals surface area contributed by atoms with Gasteiger partial charge < -0.3 is 5.11 Å². The second-order valence-electron chi connectivity index (χ2n) is 2.75. The molecule has 3 heteroatoms. The van der Waals surface area contributed by atoms with Crippen LogP contribution in [0.1, 0.15) is 31.1 Å². The third-order valence-corrected chi connectivity index (χ3v) is 1.74. The van der Waals surface area contributed by atoms with E-state index in [1.807, 2.05) is 0 Å². The van der Waals surface area contributed by atoms with Crippen molar-refractivity contribution in [1.82, 2.24) is 9.97 Å². The van der Waals surface area contributed by atoms with Crippen molar-refractivity contribution >= 4 is 0 Å². The van der Waals surface area contributed by atoms with Gasteiger partial charge in [-0.25, -0.2) is 9.97 Å². The van der Waals surface area contributed by atoms with Gasteiger partial charge in [0, 0.05) is 12.6 Å². The number of nitrogens with zero attached hydrogens (tertiary/aromatic N) is 2. The standard InChI is InChI=1S/C10H12N2O/c1-2-3-4-5-10(13)9-6-7-11-8-12-9/h1,6-8,10,13H,3-5H2. The van der Waals surface area contributed by atoms with Crippen molar-refractivity contribution in [2.75, 3.05) is 0 Å². The number of aliphatic hydroxyl groups is 1. The van der Waals surface area contributed by atoms with Crippen molar-refractivity contribution in [2.24, 2.45) is 0 Å². The summed E-state index contributed by atoms with van der Waals surface area (Å²) in [6.07, 6.45) is 9.80. The first-order chi connectivity index (χ1) is 6.34. The Morgan fingerprint density at radius 1 is 1.62 bits per heavy atom. The molecule has 0 aliphatic rings. The van der Waals surface area contributed by atoms with Gasteiger partial charge in [0.2, 0.25) is 0 Å². The molecule has 1 unspecified atom stereocenters. The first-order valence-corrected chi connectivity index (χ1v) is 4.22. The van der Waals surface area contributed by atoms with Gasteiger partial charge in [-0.3, -0.25) is 0 Å². The number of terminal acetylenes is 1. The van der Waals surface area contributed by atoms with E-state index in [9.17, 15) is 5.11 Å². The van der Waals surface area contributed by atoms with E-state index in [1.54, 1.807) is 12.3 Å². The van der Waals surface area contributed by atoms with E-state index in [2.05, 4.69) is 15.9 Å². The maximum Gasteiger partial charge on any atom is 0.115 e. The summed E-state index contributed by atoms with van der Waals surface area (Å²) in [7, 11) is 0. The van der Waals surface area contributed by atoms with Crippen molar-refractivity contribution < 1.29 is 5.11 Å². The molecule has 0 spiro atoms. The fraction of sp³-hybridized carbons (Fsp3) is 0.400. The summed E-state index contributed by atoms with van der Waals surface area (Å²) in [6.45, 7) is 0. The lowest BCUT2D eigenvalue weighted by Gasteiger charge is -2.07. The van der Waals surface area contributed by atoms with Crippen LogP contribution in [0.25, 0.3) is 0 Å². The molecule has 0 aliphatic carbocycles. The third-order valence-electron chi connectivity index (χ3n) is 1.74. The molecule has 68 valence electrons. The van der Waals surface area contributed by atoms with Crippen LogP contribution in [0, 0.1) is 12.3 Å². The molecule has 1 N–H and O–H groups in total. The SMILES string of the molecule is C#CCCCC(O)c1ccncn1. The topological polar surface area (TPSA) is 46.0 Å². The molecular weight excluding hydrogens is 164 g/mol. The highest BCUT2D eigenvalue weighted by Gasteiger charge is 2.06. The van der Waals surface area contributed by atoms with Crippen LogP contribution in [0.2, 0.25) is 0 Å². The molecule has 1 aromatic heterocycles. The largest absolute Gasteiger partial charge is 0.387 e. The van der Waals surface area contributed by atoms with Crippen molar-refractivity contribution in [3.8, 4) is 12.3 Å². The Kier molecular flexibility index (Phi) is 3.94. The average Bonchev–Trinajstić information content (AvgIpc) is 2.19. The highest BCUT2D eigenvalue weighted by Crippen LogP contribution is 2.15. The second-order valence-corrected chi connectivity index (χ2v) is 2.75. The summed E-state index contributed by atoms with van der Waals surface area (Å²) in [5, 5.41) is 9.59. The van der Waals surface area contributed by atoms with E-state index in [-0.39, 0.29) is 0 Å². The Balaban J connectivity index is 2.41. The van der Waals surface area contributed by atoms with Crippen molar-refractivity contribution in [2.45, 2.75) is 25.4 Å². The Bertz CT molecular complexity index is 279. The number of unbranched alkanes of at least 4 members (excludes halogenated alkanes) is 1. The van der Waals surface area contributed by atoms with E-state index in [0.29, 0.717) is 18.5 Å². The molecule has 0 saturated carbocycles. The van der Waals surface area contributed by atoms with Gasteiger partial charge in [0.25, 0.3) is 0 Å². The maximum absolute atomic E-state index is 9.59. The van der Waals surface area contributed by atoms with E-state index in [0.717, 1.165) is 6.42 Å². The van der Waals surface area contributed by atoms with Crippen LogP contribution in [-0.2, 0) is 0 Å². The van der Waals surface area contributed by atoms with Gasteiger partial charge in [-0.2, -0.15) is 0 Å². The number of aliphatic hydroxyl groups excluding tert-OH is 1. The van der Waals surface area contributed by atoms with Crippen LogP contribution in [-0.4, -0.2) is 15.1 Å². The summed E-state index contributed by atoms with van der Waals surface area (Å²) >= 11 is 0. The van der Waals surface area contributed by atoms with Gasteiger partial charge in [0.1, 0.15) is 6.33 Å². The van der Waals surface area contributed by atoms with Crippen LogP contribution in [0.4, 0.5) is 0 Å². The predicted molar refractivity (Wildman–Crippen MR) is 49.7 cm³/mol. The molecule has 1 atom stereocenters.